The van der Waals surface area contributed by atoms with Crippen molar-refractivity contribution in [3.63, 3.8) is 0 Å². The molecule has 0 aromatic carbocycles. The third kappa shape index (κ3) is 2.73. The van der Waals surface area contributed by atoms with Crippen LogP contribution in [0, 0.1) is 22.7 Å². The van der Waals surface area contributed by atoms with Crippen LogP contribution in [0.25, 0.3) is 0 Å². The number of nitrogens with one attached hydrogen (secondary N) is 1. The second kappa shape index (κ2) is 5.66. The highest BCUT2D eigenvalue weighted by molar-refractivity contribution is 5.17. The Morgan fingerprint density at radius 2 is 1.85 bits per heavy atom. The Labute approximate surface area is 123 Å². The molecule has 3 rings (SSSR count). The van der Waals surface area contributed by atoms with Crippen LogP contribution in [0.3, 0.4) is 0 Å². The molecular formula is C17H29N3. The Kier molecular flexibility index (Phi) is 4.06. The summed E-state index contributed by atoms with van der Waals surface area (Å²) in [4.78, 5) is 2.56. The normalized spacial score (nSPS) is 29.2. The fourth-order valence-electron chi connectivity index (χ4n) is 4.55. The minimum Gasteiger partial charge on any atom is -0.300 e. The van der Waals surface area contributed by atoms with Gasteiger partial charge in [-0.2, -0.15) is 5.26 Å². The summed E-state index contributed by atoms with van der Waals surface area (Å²) < 4.78 is 0. The summed E-state index contributed by atoms with van der Waals surface area (Å²) >= 11 is 0. The number of hydrogen-bond donors (Lipinski definition) is 1. The molecule has 0 amide bonds. The van der Waals surface area contributed by atoms with E-state index in [-0.39, 0.29) is 5.54 Å². The molecule has 3 fully saturated rings. The Bertz CT molecular complexity index is 366. The zero-order valence-corrected chi connectivity index (χ0v) is 13.0. The molecule has 1 atom stereocenters. The SMILES string of the molecule is CCNC(C#N)(CN1CCC2(CCCC2)CC1)C1CC1. The van der Waals surface area contributed by atoms with Crippen molar-refractivity contribution < 1.29 is 0 Å². The van der Waals surface area contributed by atoms with Crippen molar-refractivity contribution >= 4 is 0 Å². The van der Waals surface area contributed by atoms with Gasteiger partial charge in [0.1, 0.15) is 5.54 Å². The molecule has 112 valence electrons. The van der Waals surface area contributed by atoms with Crippen LogP contribution >= 0.6 is 0 Å². The minimum absolute atomic E-state index is 0.269. The fourth-order valence-corrected chi connectivity index (χ4v) is 4.55. The van der Waals surface area contributed by atoms with Crippen LogP contribution in [0.2, 0.25) is 0 Å². The Morgan fingerprint density at radius 1 is 1.20 bits per heavy atom. The van der Waals surface area contributed by atoms with E-state index in [1.165, 1.54) is 64.5 Å². The highest BCUT2D eigenvalue weighted by atomic mass is 15.2. The van der Waals surface area contributed by atoms with E-state index in [0.29, 0.717) is 11.3 Å². The smallest absolute Gasteiger partial charge is 0.122 e. The number of rotatable bonds is 5. The van der Waals surface area contributed by atoms with Crippen molar-refractivity contribution in [1.82, 2.24) is 10.2 Å². The van der Waals surface area contributed by atoms with E-state index in [2.05, 4.69) is 23.2 Å². The predicted octanol–water partition coefficient (Wildman–Crippen LogP) is 2.92. The van der Waals surface area contributed by atoms with Gasteiger partial charge in [-0.1, -0.05) is 19.8 Å². The van der Waals surface area contributed by atoms with Crippen LogP contribution < -0.4 is 5.32 Å². The average Bonchev–Trinajstić information content (AvgIpc) is 3.23. The van der Waals surface area contributed by atoms with Crippen molar-refractivity contribution in [2.75, 3.05) is 26.2 Å². The highest BCUT2D eigenvalue weighted by Crippen LogP contribution is 2.47. The molecule has 0 bridgehead atoms. The quantitative estimate of drug-likeness (QED) is 0.838. The standard InChI is InChI=1S/C17H29N3/c1-2-19-17(13-18,15-5-6-15)14-20-11-9-16(10-12-20)7-3-4-8-16/h15,19H,2-12,14H2,1H3. The summed E-state index contributed by atoms with van der Waals surface area (Å²) in [5, 5.41) is 13.2. The maximum absolute atomic E-state index is 9.71. The van der Waals surface area contributed by atoms with Crippen molar-refractivity contribution in [2.45, 2.75) is 63.8 Å². The molecule has 0 aromatic heterocycles. The van der Waals surface area contributed by atoms with Crippen LogP contribution in [0.5, 0.6) is 0 Å². The molecule has 3 aliphatic rings. The van der Waals surface area contributed by atoms with Gasteiger partial charge in [0, 0.05) is 6.54 Å². The zero-order valence-electron chi connectivity index (χ0n) is 13.0. The molecule has 0 radical (unpaired) electrons. The highest BCUT2D eigenvalue weighted by Gasteiger charge is 2.47. The Hall–Kier alpha value is -0.590. The van der Waals surface area contributed by atoms with Gasteiger partial charge < -0.3 is 4.90 Å². The maximum Gasteiger partial charge on any atom is 0.122 e. The first-order valence-electron chi connectivity index (χ1n) is 8.61. The lowest BCUT2D eigenvalue weighted by atomic mass is 9.76. The molecule has 0 aromatic rings. The second-order valence-corrected chi connectivity index (χ2v) is 7.37. The molecule has 1 unspecified atom stereocenters. The van der Waals surface area contributed by atoms with Gasteiger partial charge >= 0.3 is 0 Å². The number of nitriles is 1. The third-order valence-electron chi connectivity index (χ3n) is 6.02. The maximum atomic E-state index is 9.71. The van der Waals surface area contributed by atoms with Crippen molar-refractivity contribution in [1.29, 1.82) is 5.26 Å². The molecule has 3 nitrogen and oxygen atoms in total. The van der Waals surface area contributed by atoms with E-state index in [4.69, 9.17) is 0 Å². The predicted molar refractivity (Wildman–Crippen MR) is 81.3 cm³/mol. The number of nitrogens with zero attached hydrogens (tertiary/aromatic N) is 2. The van der Waals surface area contributed by atoms with Crippen LogP contribution in [0.4, 0.5) is 0 Å². The molecule has 1 N–H and O–H groups in total. The molecule has 20 heavy (non-hydrogen) atoms. The van der Waals surface area contributed by atoms with E-state index in [1.54, 1.807) is 0 Å². The van der Waals surface area contributed by atoms with Gasteiger partial charge in [0.25, 0.3) is 0 Å². The molecule has 1 aliphatic heterocycles. The molecule has 3 heteroatoms. The topological polar surface area (TPSA) is 39.1 Å². The van der Waals surface area contributed by atoms with E-state index in [1.807, 2.05) is 0 Å². The first-order chi connectivity index (χ1) is 9.72. The van der Waals surface area contributed by atoms with Crippen LogP contribution in [0.15, 0.2) is 0 Å². The van der Waals surface area contributed by atoms with Gasteiger partial charge in [0.05, 0.1) is 6.07 Å². The van der Waals surface area contributed by atoms with Gasteiger partial charge in [0.15, 0.2) is 0 Å². The van der Waals surface area contributed by atoms with Gasteiger partial charge in [-0.05, 0) is 69.5 Å². The molecule has 1 spiro atoms. The lowest BCUT2D eigenvalue weighted by Crippen LogP contribution is -2.56. The first-order valence-corrected chi connectivity index (χ1v) is 8.61. The average molecular weight is 275 g/mol. The van der Waals surface area contributed by atoms with E-state index in [0.717, 1.165) is 13.1 Å². The number of piperidine rings is 1. The molecular weight excluding hydrogens is 246 g/mol. The van der Waals surface area contributed by atoms with Gasteiger partial charge in [0.2, 0.25) is 0 Å². The van der Waals surface area contributed by atoms with Crippen LogP contribution in [-0.2, 0) is 0 Å². The fraction of sp³-hybridized carbons (Fsp3) is 0.941. The third-order valence-corrected chi connectivity index (χ3v) is 6.02. The second-order valence-electron chi connectivity index (χ2n) is 7.37. The summed E-state index contributed by atoms with van der Waals surface area (Å²) in [6.07, 6.45) is 11.0. The van der Waals surface area contributed by atoms with Gasteiger partial charge in [-0.3, -0.25) is 5.32 Å². The molecule has 2 aliphatic carbocycles. The van der Waals surface area contributed by atoms with Gasteiger partial charge in [-0.25, -0.2) is 0 Å². The van der Waals surface area contributed by atoms with Crippen molar-refractivity contribution in [3.05, 3.63) is 0 Å². The summed E-state index contributed by atoms with van der Waals surface area (Å²) in [6, 6.07) is 2.63. The largest absolute Gasteiger partial charge is 0.300 e. The summed E-state index contributed by atoms with van der Waals surface area (Å²) in [7, 11) is 0. The Balaban J connectivity index is 1.58. The lowest BCUT2D eigenvalue weighted by molar-refractivity contribution is 0.0877. The molecule has 1 heterocycles. The van der Waals surface area contributed by atoms with Crippen molar-refractivity contribution in [3.8, 4) is 6.07 Å². The van der Waals surface area contributed by atoms with Crippen molar-refractivity contribution in [2.24, 2.45) is 11.3 Å². The minimum atomic E-state index is -0.269. The van der Waals surface area contributed by atoms with E-state index < -0.39 is 0 Å². The summed E-state index contributed by atoms with van der Waals surface area (Å²) in [5.41, 5.74) is 0.415. The summed E-state index contributed by atoms with van der Waals surface area (Å²) in [6.45, 7) is 6.39. The monoisotopic (exact) mass is 275 g/mol. The zero-order chi connectivity index (χ0) is 14.1. The lowest BCUT2D eigenvalue weighted by Gasteiger charge is -2.42. The number of hydrogen-bond acceptors (Lipinski definition) is 3. The first kappa shape index (κ1) is 14.4. The molecule has 1 saturated heterocycles. The Morgan fingerprint density at radius 3 is 2.35 bits per heavy atom. The van der Waals surface area contributed by atoms with Crippen LogP contribution in [-0.4, -0.2) is 36.6 Å². The summed E-state index contributed by atoms with van der Waals surface area (Å²) in [5.74, 6) is 0.592. The van der Waals surface area contributed by atoms with Gasteiger partial charge in [-0.15, -0.1) is 0 Å². The number of likely N-dealkylation sites (N-methyl/N-ethyl adjacent to an activating group) is 1. The van der Waals surface area contributed by atoms with E-state index >= 15 is 0 Å². The molecule has 2 saturated carbocycles. The number of likely N-dealkylation sites (tertiary alicyclic amines) is 1. The van der Waals surface area contributed by atoms with E-state index in [9.17, 15) is 5.26 Å². The van der Waals surface area contributed by atoms with Crippen LogP contribution in [0.1, 0.15) is 58.3 Å².